The van der Waals surface area contributed by atoms with Crippen molar-refractivity contribution in [2.24, 2.45) is 0 Å². The molecule has 0 aliphatic heterocycles. The van der Waals surface area contributed by atoms with Crippen LogP contribution in [0.3, 0.4) is 0 Å². The van der Waals surface area contributed by atoms with Crippen LogP contribution in [0.15, 0.2) is 85.3 Å². The molecule has 5 heterocycles. The number of nitrogen functional groups attached to an aromatic ring is 1. The van der Waals surface area contributed by atoms with E-state index in [9.17, 15) is 66.0 Å². The summed E-state index contributed by atoms with van der Waals surface area (Å²) in [5, 5.41) is 16.3. The van der Waals surface area contributed by atoms with E-state index < -0.39 is 85.7 Å². The van der Waals surface area contributed by atoms with Crippen LogP contribution in [-0.2, 0) is 134 Å². The summed E-state index contributed by atoms with van der Waals surface area (Å²) in [5.74, 6) is -0.400. The van der Waals surface area contributed by atoms with Crippen LogP contribution in [0.5, 0.6) is 0 Å². The molecule has 0 fully saturated rings. The molecule has 0 spiro atoms. The summed E-state index contributed by atoms with van der Waals surface area (Å²) in [6, 6.07) is 7.91. The Balaban J connectivity index is 0.00000135. The van der Waals surface area contributed by atoms with Crippen molar-refractivity contribution in [3.63, 3.8) is 0 Å². The second-order valence-electron chi connectivity index (χ2n) is 22.3. The van der Waals surface area contributed by atoms with Crippen LogP contribution in [0.1, 0.15) is 79.8 Å². The highest BCUT2D eigenvalue weighted by Crippen LogP contribution is 2.48. The molecule has 0 saturated carbocycles. The Morgan fingerprint density at radius 2 is 0.757 bits per heavy atom. The quantitative estimate of drug-likeness (QED) is 0.0156. The molecule has 0 aromatic carbocycles. The Morgan fingerprint density at radius 1 is 0.486 bits per heavy atom. The number of hydrogen-bond donors (Lipinski definition) is 7. The number of amides is 3. The number of nitrogens with two attached hydrogens (primary N) is 1. The minimum Gasteiger partial charge on any atom is -0.394 e. The molecular formula is C61H100ClN14O30P5. The second kappa shape index (κ2) is 54.2. The van der Waals surface area contributed by atoms with E-state index >= 15 is 0 Å². The van der Waals surface area contributed by atoms with E-state index in [1.54, 1.807) is 31.5 Å². The number of aryl methyl sites for hydroxylation is 1. The van der Waals surface area contributed by atoms with Crippen LogP contribution in [0.4, 0.5) is 23.3 Å². The molecule has 0 saturated heterocycles. The Kier molecular flexibility index (Phi) is 50.6. The van der Waals surface area contributed by atoms with Crippen LogP contribution in [0.2, 0.25) is 0 Å². The lowest BCUT2D eigenvalue weighted by Crippen LogP contribution is -2.32. The van der Waals surface area contributed by atoms with Gasteiger partial charge in [-0.05, 0) is 62.9 Å². The molecule has 0 aliphatic rings. The lowest BCUT2D eigenvalue weighted by atomic mass is 10.3. The number of aliphatic hydroxyl groups is 1. The smallest absolute Gasteiger partial charge is 0.355 e. The summed E-state index contributed by atoms with van der Waals surface area (Å²) in [6.07, 6.45) is 12.0. The number of halogens is 1. The van der Waals surface area contributed by atoms with Gasteiger partial charge in [-0.2, -0.15) is 24.9 Å². The fraction of sp³-hybridized carbons (Fsp3) is 0.574. The average Bonchev–Trinajstić information content (AvgIpc) is 0.873. The van der Waals surface area contributed by atoms with Crippen LogP contribution < -0.4 is 50.1 Å². The van der Waals surface area contributed by atoms with Gasteiger partial charge in [0.25, 0.3) is 7.37 Å². The zero-order chi connectivity index (χ0) is 84.7. The molecule has 50 heteroatoms. The van der Waals surface area contributed by atoms with Crippen molar-refractivity contribution < 1.29 is 117 Å². The largest absolute Gasteiger partial charge is 0.394 e. The molecule has 5 aromatic rings. The molecule has 6 atom stereocenters. The lowest BCUT2D eigenvalue weighted by Gasteiger charge is -2.20. The summed E-state index contributed by atoms with van der Waals surface area (Å²) >= 11 is 4.45. The second-order valence-corrected chi connectivity index (χ2v) is 32.9. The van der Waals surface area contributed by atoms with E-state index in [0.717, 1.165) is 4.57 Å². The molecule has 626 valence electrons. The molecule has 8 N–H and O–H groups in total. The summed E-state index contributed by atoms with van der Waals surface area (Å²) in [4.78, 5) is 138. The summed E-state index contributed by atoms with van der Waals surface area (Å²) in [6.45, 7) is 13.6. The van der Waals surface area contributed by atoms with Gasteiger partial charge in [-0.15, -0.1) is 0 Å². The number of ether oxygens (including phenoxy) is 5. The van der Waals surface area contributed by atoms with Crippen LogP contribution >= 0.6 is 49.6 Å². The van der Waals surface area contributed by atoms with Crippen molar-refractivity contribution in [2.45, 2.75) is 144 Å². The molecule has 0 bridgehead atoms. The molecule has 5 rings (SSSR count). The van der Waals surface area contributed by atoms with Gasteiger partial charge < -0.3 is 96.2 Å². The number of nitrogens with one attached hydrogen (secondary N) is 3. The molecule has 0 aliphatic carbocycles. The standard InChI is InChI=1S/C13H22N3O6P.C13H20N3O6P.C12H21N2O5P.C11H20N3O5P.C10H16N3O7P.C2HClO/c1-5-11(22-9-23(19,20-3)21-4)8-16-7-6-12(14-10(2)17)15-13(16)18;1-4-11(22-9-23(20,8-17)21-3)7-16-6-5-12(14-10(2)18)15-13(16)19;1-5-11(19-9-20(16,17-3)18-4)8-14-7-6-10(2)13-12(14)15;1-4-9(19-8-20(16,17-2)18-3)7-14-6-5-10(12)13-11(14)15;1-7(15)11-9-2-3-13(10(16)12-9)4-8(5-14)20-6-21(17,18)19;1-2-4-3/h6-7,11H,5,8-9H2,1-4H3,(H,14,15,17,18);5-6,8,11H,4,7,9H2,1-3H3,(H,14,15,18,19);6-7,11H,5,8-9H2,1-4H3;5-6,9H,4,7-8H2,1-3H3,(H2,12,13,15);2-3,8,14H,4-6H2,1H3,(H2,17,18,19)(H,11,12,15,16);1H. The highest BCUT2D eigenvalue weighted by atomic mass is 35.5. The monoisotopic (exact) mass is 1700 g/mol. The van der Waals surface area contributed by atoms with E-state index in [2.05, 4.69) is 68.0 Å². The van der Waals surface area contributed by atoms with E-state index in [-0.39, 0.29) is 123 Å². The Labute approximate surface area is 644 Å². The maximum atomic E-state index is 11.9. The highest BCUT2D eigenvalue weighted by molar-refractivity contribution is 7.73. The molecule has 3 amide bonds. The van der Waals surface area contributed by atoms with Crippen molar-refractivity contribution >= 4 is 96.6 Å². The van der Waals surface area contributed by atoms with Crippen LogP contribution in [-0.4, -0.2) is 205 Å². The number of hydrogen-bond acceptors (Lipinski definition) is 34. The topological polar surface area (TPSA) is 571 Å². The molecule has 5 aromatic heterocycles. The van der Waals surface area contributed by atoms with Crippen LogP contribution in [0, 0.1) is 19.5 Å². The number of aliphatic hydroxyl groups excluding tert-OH is 1. The first-order valence-electron chi connectivity index (χ1n) is 32.8. The molecule has 6 unspecified atom stereocenters. The Bertz CT molecular complexity index is 4170. The number of aromatic nitrogens is 10. The maximum Gasteiger partial charge on any atom is 0.355 e. The predicted molar refractivity (Wildman–Crippen MR) is 406 cm³/mol. The highest BCUT2D eigenvalue weighted by Gasteiger charge is 2.28. The third kappa shape index (κ3) is 43.4. The van der Waals surface area contributed by atoms with Gasteiger partial charge in [0.15, 0.2) is 0 Å². The number of carbonyl (C=O) groups is 4. The van der Waals surface area contributed by atoms with Gasteiger partial charge in [0.2, 0.25) is 23.7 Å². The van der Waals surface area contributed by atoms with Crippen LogP contribution in [0.25, 0.3) is 0 Å². The van der Waals surface area contributed by atoms with Gasteiger partial charge in [-0.1, -0.05) is 34.1 Å². The fourth-order valence-electron chi connectivity index (χ4n) is 7.81. The number of carbonyl (C=O) groups excluding carboxylic acids is 4. The van der Waals surface area contributed by atoms with Gasteiger partial charge in [0.1, 0.15) is 73.0 Å². The summed E-state index contributed by atoms with van der Waals surface area (Å²) in [7, 11) is -8.53. The zero-order valence-corrected chi connectivity index (χ0v) is 69.2. The Hall–Kier alpha value is -7.52. The number of nitrogens with zero attached hydrogens (tertiary/aromatic N) is 10. The normalized spacial score (nSPS) is 13.1. The van der Waals surface area contributed by atoms with E-state index in [4.69, 9.17) is 71.5 Å². The molecular weight excluding hydrogens is 1600 g/mol. The van der Waals surface area contributed by atoms with E-state index in [1.165, 1.54) is 132 Å². The minimum absolute atomic E-state index is 0.0837. The average molecular weight is 1700 g/mol. The summed E-state index contributed by atoms with van der Waals surface area (Å²) in [5.41, 5.74) is 3.55. The fourth-order valence-corrected chi connectivity index (χ4v) is 11.1. The lowest BCUT2D eigenvalue weighted by molar-refractivity contribution is -0.115. The third-order valence-corrected chi connectivity index (χ3v) is 20.8. The molecule has 44 nitrogen and oxygen atoms in total. The van der Waals surface area contributed by atoms with Gasteiger partial charge in [0.05, 0.1) is 69.9 Å². The predicted octanol–water partition coefficient (Wildman–Crippen LogP) is 4.83. The zero-order valence-electron chi connectivity index (χ0n) is 63.9. The molecule has 111 heavy (non-hydrogen) atoms. The molecule has 0 radical (unpaired) electrons. The van der Waals surface area contributed by atoms with Crippen molar-refractivity contribution in [3.05, 3.63) is 119 Å². The first-order valence-corrected chi connectivity index (χ1v) is 41.9. The number of rotatable bonds is 41. The first-order chi connectivity index (χ1) is 52.2. The van der Waals surface area contributed by atoms with Crippen molar-refractivity contribution in [2.75, 3.05) is 110 Å². The Morgan fingerprint density at radius 3 is 0.991 bits per heavy atom. The SMILES string of the molecule is C#COCl.CC(=O)Nc1ccn(CC(CO)OCP(=O)(O)O)c(=O)n1.CCC(Cn1ccc(C)nc1=O)OCP(=O)(OC)OC.CCC(Cn1ccc(N)nc1=O)OCP(=O)(OC)OC.CCC(Cn1ccc(NC(C)=O)nc1=O)OCP(=O)(C=O)OC.CCC(Cn1ccc(NC(C)=O)nc1=O)OCP(=O)(OC)OC. The third-order valence-electron chi connectivity index (χ3n) is 14.0. The van der Waals surface area contributed by atoms with Gasteiger partial charge in [-0.3, -0.25) is 64.8 Å². The van der Waals surface area contributed by atoms with Gasteiger partial charge in [0, 0.05) is 107 Å². The number of terminal acetylenes is 1. The van der Waals surface area contributed by atoms with Crippen molar-refractivity contribution in [3.8, 4) is 12.5 Å². The maximum absolute atomic E-state index is 11.9. The van der Waals surface area contributed by atoms with Gasteiger partial charge >= 0.3 is 58.8 Å². The van der Waals surface area contributed by atoms with Gasteiger partial charge in [-0.25, -0.2) is 24.0 Å². The first kappa shape index (κ1) is 103. The van der Waals surface area contributed by atoms with Crippen molar-refractivity contribution in [1.29, 1.82) is 0 Å². The summed E-state index contributed by atoms with van der Waals surface area (Å²) < 4.78 is 129. The number of anilines is 4. The minimum atomic E-state index is -4.36. The van der Waals surface area contributed by atoms with E-state index in [1.807, 2.05) is 27.7 Å². The van der Waals surface area contributed by atoms with Crippen molar-refractivity contribution in [1.82, 2.24) is 47.8 Å². The van der Waals surface area contributed by atoms with E-state index in [0.29, 0.717) is 37.9 Å².